The van der Waals surface area contributed by atoms with Crippen molar-refractivity contribution in [2.24, 2.45) is 10.7 Å². The van der Waals surface area contributed by atoms with Crippen LogP contribution in [0.15, 0.2) is 46.2 Å². The maximum absolute atomic E-state index is 12.4. The number of thiophene rings is 1. The van der Waals surface area contributed by atoms with Crippen LogP contribution < -0.4 is 5.73 Å². The number of nitrogens with two attached hydrogens (primary N) is 1. The van der Waals surface area contributed by atoms with Crippen molar-refractivity contribution in [1.82, 2.24) is 14.4 Å². The summed E-state index contributed by atoms with van der Waals surface area (Å²) in [7, 11) is -2.19. The number of hydrogen-bond donors (Lipinski definition) is 1. The summed E-state index contributed by atoms with van der Waals surface area (Å²) in [5, 5.41) is 4.30. The predicted octanol–water partition coefficient (Wildman–Crippen LogP) is 2.92. The third-order valence-electron chi connectivity index (χ3n) is 4.51. The minimum Gasteiger partial charge on any atom is -0.369 e. The van der Waals surface area contributed by atoms with Crippen molar-refractivity contribution in [1.29, 1.82) is 0 Å². The number of aromatic nitrogens is 2. The number of sulfonamides is 1. The molecule has 1 atom stereocenters. The fraction of sp³-hybridized carbons (Fsp3) is 0.235. The molecule has 0 fully saturated rings. The highest BCUT2D eigenvalue weighted by Gasteiger charge is 2.42. The van der Waals surface area contributed by atoms with Gasteiger partial charge in [-0.05, 0) is 24.6 Å². The number of nitrogens with zero attached hydrogens (tertiary/aromatic N) is 4. The molecular weight excluding hydrogens is 422 g/mol. The number of aliphatic imine (C=N–C) groups is 1. The van der Waals surface area contributed by atoms with Gasteiger partial charge in [0.25, 0.3) is 0 Å². The van der Waals surface area contributed by atoms with Crippen molar-refractivity contribution >= 4 is 38.9 Å². The third kappa shape index (κ3) is 3.17. The maximum atomic E-state index is 12.4. The second kappa shape index (κ2) is 6.57. The van der Waals surface area contributed by atoms with E-state index in [9.17, 15) is 8.42 Å². The maximum Gasteiger partial charge on any atom is 0.239 e. The molecule has 4 rings (SSSR count). The van der Waals surface area contributed by atoms with E-state index in [4.69, 9.17) is 21.9 Å². The van der Waals surface area contributed by atoms with E-state index in [1.807, 2.05) is 24.3 Å². The number of rotatable bonds is 3. The Hall–Kier alpha value is -2.43. The lowest BCUT2D eigenvalue weighted by molar-refractivity contribution is 0.419. The molecule has 11 heteroatoms. The lowest BCUT2D eigenvalue weighted by Crippen LogP contribution is -2.50. The quantitative estimate of drug-likeness (QED) is 0.673. The Balaban J connectivity index is 1.77. The number of hydrogen-bond acceptors (Lipinski definition) is 8. The van der Waals surface area contributed by atoms with Gasteiger partial charge in [0.05, 0.1) is 15.7 Å². The summed E-state index contributed by atoms with van der Waals surface area (Å²) in [6.45, 7) is 1.72. The highest BCUT2D eigenvalue weighted by atomic mass is 35.5. The molecule has 3 heterocycles. The van der Waals surface area contributed by atoms with E-state index in [1.165, 1.54) is 24.8 Å². The van der Waals surface area contributed by atoms with Gasteiger partial charge in [-0.15, -0.1) is 11.3 Å². The standard InChI is InChI=1S/C17H16ClN5O3S2/c1-17(8-28(24,25)23(2)16(19)21-17)14-12(18)7-13(27-14)10-4-3-5-11(6-10)15-20-9-26-22-15/h3-7,9H,8H2,1-2H3,(H2,19,21)/t17-/m0/s1. The fourth-order valence-electron chi connectivity index (χ4n) is 3.05. The van der Waals surface area contributed by atoms with Crippen molar-refractivity contribution in [2.75, 3.05) is 12.8 Å². The SMILES string of the molecule is CN1C(N)=N[C@](C)(c2sc(-c3cccc(-c4ncon4)c3)cc2Cl)CS1(=O)=O. The Bertz CT molecular complexity index is 1170. The summed E-state index contributed by atoms with van der Waals surface area (Å²) in [5.41, 5.74) is 6.49. The zero-order chi connectivity index (χ0) is 20.1. The van der Waals surface area contributed by atoms with Crippen molar-refractivity contribution < 1.29 is 12.9 Å². The van der Waals surface area contributed by atoms with Crippen LogP contribution in [0.5, 0.6) is 0 Å². The van der Waals surface area contributed by atoms with Gasteiger partial charge in [0.15, 0.2) is 0 Å². The highest BCUT2D eigenvalue weighted by molar-refractivity contribution is 7.89. The van der Waals surface area contributed by atoms with Crippen LogP contribution >= 0.6 is 22.9 Å². The summed E-state index contributed by atoms with van der Waals surface area (Å²) >= 11 is 7.87. The summed E-state index contributed by atoms with van der Waals surface area (Å²) in [6, 6.07) is 9.41. The first-order valence-electron chi connectivity index (χ1n) is 8.18. The molecule has 1 aliphatic heterocycles. The van der Waals surface area contributed by atoms with Crippen LogP contribution in [0.1, 0.15) is 11.8 Å². The Labute approximate surface area is 170 Å². The Morgan fingerprint density at radius 1 is 1.32 bits per heavy atom. The second-order valence-corrected chi connectivity index (χ2v) is 10.1. The molecule has 0 bridgehead atoms. The van der Waals surface area contributed by atoms with Crippen LogP contribution in [0.2, 0.25) is 5.02 Å². The largest absolute Gasteiger partial charge is 0.369 e. The van der Waals surface area contributed by atoms with Crippen molar-refractivity contribution in [3.63, 3.8) is 0 Å². The minimum absolute atomic E-state index is 0.0566. The number of halogens is 1. The first kappa shape index (κ1) is 18.9. The molecule has 0 aliphatic carbocycles. The smallest absolute Gasteiger partial charge is 0.239 e. The molecule has 0 unspecified atom stereocenters. The summed E-state index contributed by atoms with van der Waals surface area (Å²) in [5.74, 6) is 0.217. The second-order valence-electron chi connectivity index (χ2n) is 6.59. The van der Waals surface area contributed by atoms with E-state index in [-0.39, 0.29) is 11.7 Å². The Morgan fingerprint density at radius 3 is 2.75 bits per heavy atom. The van der Waals surface area contributed by atoms with Crippen molar-refractivity contribution in [3.8, 4) is 21.8 Å². The van der Waals surface area contributed by atoms with Gasteiger partial charge in [0.2, 0.25) is 28.2 Å². The fourth-order valence-corrected chi connectivity index (χ4v) is 6.21. The van der Waals surface area contributed by atoms with Gasteiger partial charge in [0.1, 0.15) is 5.54 Å². The van der Waals surface area contributed by atoms with Crippen LogP contribution in [0.4, 0.5) is 0 Å². The molecule has 0 saturated carbocycles. The zero-order valence-corrected chi connectivity index (χ0v) is 17.3. The molecule has 0 radical (unpaired) electrons. The zero-order valence-electron chi connectivity index (χ0n) is 15.0. The monoisotopic (exact) mass is 437 g/mol. The third-order valence-corrected chi connectivity index (χ3v) is 8.30. The average Bonchev–Trinajstić information content (AvgIpc) is 3.29. The molecule has 2 N–H and O–H groups in total. The molecule has 146 valence electrons. The van der Waals surface area contributed by atoms with E-state index >= 15 is 0 Å². The topological polar surface area (TPSA) is 115 Å². The van der Waals surface area contributed by atoms with Gasteiger partial charge >= 0.3 is 0 Å². The van der Waals surface area contributed by atoms with Crippen LogP contribution in [0.3, 0.4) is 0 Å². The molecule has 0 saturated heterocycles. The van der Waals surface area contributed by atoms with Gasteiger partial charge in [-0.25, -0.2) is 17.7 Å². The van der Waals surface area contributed by atoms with Crippen molar-refractivity contribution in [3.05, 3.63) is 46.6 Å². The molecule has 3 aromatic rings. The van der Waals surface area contributed by atoms with E-state index in [1.54, 1.807) is 13.0 Å². The average molecular weight is 438 g/mol. The van der Waals surface area contributed by atoms with Gasteiger partial charge in [0, 0.05) is 17.5 Å². The molecule has 8 nitrogen and oxygen atoms in total. The van der Waals surface area contributed by atoms with Crippen molar-refractivity contribution in [2.45, 2.75) is 12.5 Å². The Kier molecular flexibility index (Phi) is 4.44. The normalized spacial score (nSPS) is 21.5. The van der Waals surface area contributed by atoms with E-state index in [0.29, 0.717) is 15.7 Å². The molecule has 28 heavy (non-hydrogen) atoms. The van der Waals surface area contributed by atoms with Crippen LogP contribution in [-0.2, 0) is 15.6 Å². The molecule has 0 amide bonds. The van der Waals surface area contributed by atoms with Gasteiger partial charge in [-0.3, -0.25) is 0 Å². The summed E-state index contributed by atoms with van der Waals surface area (Å²) in [4.78, 5) is 10.00. The summed E-state index contributed by atoms with van der Waals surface area (Å²) in [6.07, 6.45) is 1.27. The van der Waals surface area contributed by atoms with Gasteiger partial charge < -0.3 is 10.3 Å². The van der Waals surface area contributed by atoms with E-state index in [2.05, 4.69) is 15.1 Å². The van der Waals surface area contributed by atoms with Gasteiger partial charge in [-0.1, -0.05) is 35.0 Å². The molecule has 1 aromatic carbocycles. The lowest BCUT2D eigenvalue weighted by Gasteiger charge is -2.33. The first-order chi connectivity index (χ1) is 13.2. The van der Waals surface area contributed by atoms with E-state index in [0.717, 1.165) is 20.3 Å². The Morgan fingerprint density at radius 2 is 2.07 bits per heavy atom. The first-order valence-corrected chi connectivity index (χ1v) is 11.0. The predicted molar refractivity (Wildman–Crippen MR) is 109 cm³/mol. The summed E-state index contributed by atoms with van der Waals surface area (Å²) < 4.78 is 30.7. The molecule has 2 aromatic heterocycles. The molecule has 0 spiro atoms. The highest BCUT2D eigenvalue weighted by Crippen LogP contribution is 2.44. The minimum atomic E-state index is -3.58. The van der Waals surface area contributed by atoms with Crippen LogP contribution in [0.25, 0.3) is 21.8 Å². The number of guanidine groups is 1. The van der Waals surface area contributed by atoms with Crippen LogP contribution in [0, 0.1) is 0 Å². The molecular formula is C17H16ClN5O3S2. The van der Waals surface area contributed by atoms with Gasteiger partial charge in [-0.2, -0.15) is 4.98 Å². The lowest BCUT2D eigenvalue weighted by atomic mass is 10.0. The number of benzene rings is 1. The van der Waals surface area contributed by atoms with Crippen LogP contribution in [-0.4, -0.2) is 41.6 Å². The van der Waals surface area contributed by atoms with E-state index < -0.39 is 15.6 Å². The molecule has 1 aliphatic rings.